The zero-order valence-electron chi connectivity index (χ0n) is 12.5. The number of halogens is 2. The lowest BCUT2D eigenvalue weighted by molar-refractivity contribution is -0.122. The molecule has 3 rings (SSSR count). The monoisotopic (exact) mass is 349 g/mol. The molecule has 5 heteroatoms. The number of rotatable bonds is 6. The molecule has 0 radical (unpaired) electrons. The first-order chi connectivity index (χ1) is 11.1. The summed E-state index contributed by atoms with van der Waals surface area (Å²) in [5.41, 5.74) is 1.06. The van der Waals surface area contributed by atoms with Crippen LogP contribution < -0.4 is 10.1 Å². The summed E-state index contributed by atoms with van der Waals surface area (Å²) in [6.45, 7) is 0.882. The molecule has 23 heavy (non-hydrogen) atoms. The van der Waals surface area contributed by atoms with Gasteiger partial charge < -0.3 is 10.1 Å². The second kappa shape index (κ2) is 7.24. The fourth-order valence-electron chi connectivity index (χ4n) is 2.64. The van der Waals surface area contributed by atoms with Gasteiger partial charge in [0.1, 0.15) is 12.4 Å². The summed E-state index contributed by atoms with van der Waals surface area (Å²) >= 11 is 12.1. The number of hydrogen-bond donors (Lipinski definition) is 1. The molecule has 2 aromatic rings. The van der Waals surface area contributed by atoms with E-state index in [-0.39, 0.29) is 17.7 Å². The third-order valence-electron chi connectivity index (χ3n) is 3.90. The maximum atomic E-state index is 12.1. The number of benzene rings is 2. The molecule has 0 aliphatic heterocycles. The van der Waals surface area contributed by atoms with Crippen LogP contribution in [0.1, 0.15) is 17.9 Å². The molecule has 0 saturated heterocycles. The molecule has 1 saturated carbocycles. The van der Waals surface area contributed by atoms with Crippen LogP contribution in [0.4, 0.5) is 0 Å². The van der Waals surface area contributed by atoms with Crippen LogP contribution in [-0.4, -0.2) is 19.1 Å². The summed E-state index contributed by atoms with van der Waals surface area (Å²) in [6.07, 6.45) is 0.852. The predicted octanol–water partition coefficient (Wildman–Crippen LogP) is 4.29. The average molecular weight is 350 g/mol. The van der Waals surface area contributed by atoms with Crippen LogP contribution >= 0.6 is 23.2 Å². The first-order valence-electron chi connectivity index (χ1n) is 7.55. The molecule has 0 aromatic heterocycles. The Balaban J connectivity index is 1.42. The van der Waals surface area contributed by atoms with Gasteiger partial charge in [-0.05, 0) is 42.2 Å². The molecule has 1 aliphatic rings. The van der Waals surface area contributed by atoms with Crippen molar-refractivity contribution in [3.63, 3.8) is 0 Å². The molecule has 1 N–H and O–H groups in total. The topological polar surface area (TPSA) is 38.3 Å². The molecule has 0 heterocycles. The highest BCUT2D eigenvalue weighted by Gasteiger charge is 2.44. The van der Waals surface area contributed by atoms with E-state index in [0.717, 1.165) is 17.0 Å². The van der Waals surface area contributed by atoms with E-state index in [1.165, 1.54) is 0 Å². The van der Waals surface area contributed by atoms with Crippen molar-refractivity contribution < 1.29 is 9.53 Å². The second-order valence-electron chi connectivity index (χ2n) is 5.57. The highest BCUT2D eigenvalue weighted by atomic mass is 35.5. The molecule has 1 amide bonds. The van der Waals surface area contributed by atoms with Gasteiger partial charge in [-0.25, -0.2) is 0 Å². The average Bonchev–Trinajstić information content (AvgIpc) is 3.32. The molecule has 3 nitrogen and oxygen atoms in total. The lowest BCUT2D eigenvalue weighted by Crippen LogP contribution is -2.29. The van der Waals surface area contributed by atoms with E-state index in [1.807, 2.05) is 36.4 Å². The highest BCUT2D eigenvalue weighted by molar-refractivity contribution is 6.31. The lowest BCUT2D eigenvalue weighted by Gasteiger charge is -2.08. The first-order valence-corrected chi connectivity index (χ1v) is 8.31. The molecule has 2 unspecified atom stereocenters. The van der Waals surface area contributed by atoms with Crippen molar-refractivity contribution in [1.82, 2.24) is 5.32 Å². The number of nitrogens with one attached hydrogen (secondary N) is 1. The molecule has 0 spiro atoms. The molecule has 1 fully saturated rings. The normalized spacial score (nSPS) is 19.2. The zero-order chi connectivity index (χ0) is 16.2. The zero-order valence-corrected chi connectivity index (χ0v) is 14.0. The lowest BCUT2D eigenvalue weighted by atomic mass is 10.1. The number of ether oxygens (including phenoxy) is 1. The third kappa shape index (κ3) is 4.18. The largest absolute Gasteiger partial charge is 0.492 e. The Morgan fingerprint density at radius 2 is 2.00 bits per heavy atom. The van der Waals surface area contributed by atoms with Crippen molar-refractivity contribution in [2.45, 2.75) is 12.3 Å². The van der Waals surface area contributed by atoms with Crippen molar-refractivity contribution in [2.75, 3.05) is 13.2 Å². The van der Waals surface area contributed by atoms with Gasteiger partial charge >= 0.3 is 0 Å². The SMILES string of the molecule is O=C(NCCOc1cccc(Cl)c1)C1CC1c1ccccc1Cl. The Kier molecular flexibility index (Phi) is 5.09. The Hall–Kier alpha value is -1.71. The van der Waals surface area contributed by atoms with Crippen LogP contribution in [0, 0.1) is 5.92 Å². The molecule has 120 valence electrons. The standard InChI is InChI=1S/C18H17Cl2NO2/c19-12-4-3-5-13(10-12)23-9-8-21-18(22)16-11-15(16)14-6-1-2-7-17(14)20/h1-7,10,15-16H,8-9,11H2,(H,21,22). The Bertz CT molecular complexity index is 705. The molecule has 2 atom stereocenters. The summed E-state index contributed by atoms with van der Waals surface area (Å²) in [5, 5.41) is 4.27. The second-order valence-corrected chi connectivity index (χ2v) is 6.41. The van der Waals surface area contributed by atoms with Crippen molar-refractivity contribution in [3.8, 4) is 5.75 Å². The summed E-state index contributed by atoms with van der Waals surface area (Å²) in [5.74, 6) is 1.01. The molecule has 0 bridgehead atoms. The Morgan fingerprint density at radius 3 is 2.78 bits per heavy atom. The van der Waals surface area contributed by atoms with Crippen LogP contribution in [0.15, 0.2) is 48.5 Å². The fraction of sp³-hybridized carbons (Fsp3) is 0.278. The quantitative estimate of drug-likeness (QED) is 0.790. The van der Waals surface area contributed by atoms with E-state index in [0.29, 0.717) is 23.9 Å². The van der Waals surface area contributed by atoms with Gasteiger partial charge in [0.25, 0.3) is 0 Å². The summed E-state index contributed by atoms with van der Waals surface area (Å²) in [6, 6.07) is 14.9. The number of hydrogen-bond acceptors (Lipinski definition) is 2. The number of carbonyl (C=O) groups excluding carboxylic acids is 1. The van der Waals surface area contributed by atoms with Crippen LogP contribution in [0.3, 0.4) is 0 Å². The van der Waals surface area contributed by atoms with Crippen molar-refractivity contribution >= 4 is 29.1 Å². The van der Waals surface area contributed by atoms with E-state index in [1.54, 1.807) is 12.1 Å². The third-order valence-corrected chi connectivity index (χ3v) is 4.48. The molecule has 2 aromatic carbocycles. The van der Waals surface area contributed by atoms with E-state index in [2.05, 4.69) is 5.32 Å². The predicted molar refractivity (Wildman–Crippen MR) is 92.3 cm³/mol. The summed E-state index contributed by atoms with van der Waals surface area (Å²) in [4.78, 5) is 12.1. The van der Waals surface area contributed by atoms with E-state index in [9.17, 15) is 4.79 Å². The van der Waals surface area contributed by atoms with Crippen LogP contribution in [-0.2, 0) is 4.79 Å². The maximum Gasteiger partial charge on any atom is 0.223 e. The summed E-state index contributed by atoms with van der Waals surface area (Å²) < 4.78 is 5.55. The van der Waals surface area contributed by atoms with Crippen molar-refractivity contribution in [3.05, 3.63) is 64.1 Å². The van der Waals surface area contributed by atoms with Gasteiger partial charge in [0.05, 0.1) is 6.54 Å². The van der Waals surface area contributed by atoms with E-state index < -0.39 is 0 Å². The van der Waals surface area contributed by atoms with E-state index in [4.69, 9.17) is 27.9 Å². The smallest absolute Gasteiger partial charge is 0.223 e. The van der Waals surface area contributed by atoms with Gasteiger partial charge in [-0.3, -0.25) is 4.79 Å². The van der Waals surface area contributed by atoms with Gasteiger partial charge in [0.15, 0.2) is 0 Å². The van der Waals surface area contributed by atoms with E-state index >= 15 is 0 Å². The maximum absolute atomic E-state index is 12.1. The van der Waals surface area contributed by atoms with Gasteiger partial charge in [0.2, 0.25) is 5.91 Å². The summed E-state index contributed by atoms with van der Waals surface area (Å²) in [7, 11) is 0. The van der Waals surface area contributed by atoms with Crippen LogP contribution in [0.2, 0.25) is 10.0 Å². The van der Waals surface area contributed by atoms with Gasteiger partial charge in [0, 0.05) is 16.0 Å². The Labute approximate surface area is 145 Å². The first kappa shape index (κ1) is 16.2. The number of carbonyl (C=O) groups is 1. The van der Waals surface area contributed by atoms with Gasteiger partial charge in [-0.1, -0.05) is 47.5 Å². The molecular formula is C18H17Cl2NO2. The van der Waals surface area contributed by atoms with Crippen molar-refractivity contribution in [1.29, 1.82) is 0 Å². The minimum atomic E-state index is 0.0149. The molecule has 1 aliphatic carbocycles. The van der Waals surface area contributed by atoms with Gasteiger partial charge in [-0.15, -0.1) is 0 Å². The van der Waals surface area contributed by atoms with Crippen molar-refractivity contribution in [2.24, 2.45) is 5.92 Å². The molecular weight excluding hydrogens is 333 g/mol. The minimum absolute atomic E-state index is 0.0149. The minimum Gasteiger partial charge on any atom is -0.492 e. The fourth-order valence-corrected chi connectivity index (χ4v) is 3.09. The van der Waals surface area contributed by atoms with Crippen LogP contribution in [0.5, 0.6) is 5.75 Å². The van der Waals surface area contributed by atoms with Crippen LogP contribution in [0.25, 0.3) is 0 Å². The number of amides is 1. The highest BCUT2D eigenvalue weighted by Crippen LogP contribution is 2.49. The van der Waals surface area contributed by atoms with Gasteiger partial charge in [-0.2, -0.15) is 0 Å². The Morgan fingerprint density at radius 1 is 1.17 bits per heavy atom.